The first-order chi connectivity index (χ1) is 15.5. The summed E-state index contributed by atoms with van der Waals surface area (Å²) in [7, 11) is -3.55. The molecule has 1 saturated heterocycles. The fraction of sp³-hybridized carbons (Fsp3) is 0.458. The molecule has 0 aromatic heterocycles. The van der Waals surface area contributed by atoms with E-state index in [-0.39, 0.29) is 16.8 Å². The second-order valence-electron chi connectivity index (χ2n) is 8.03. The third-order valence-corrected chi connectivity index (χ3v) is 8.18. The number of carbonyl (C=O) groups is 1. The molecule has 0 radical (unpaired) electrons. The summed E-state index contributed by atoms with van der Waals surface area (Å²) < 4.78 is 38.4. The summed E-state index contributed by atoms with van der Waals surface area (Å²) >= 11 is 0. The highest BCUT2D eigenvalue weighted by molar-refractivity contribution is 7.89. The van der Waals surface area contributed by atoms with Gasteiger partial charge in [-0.15, -0.1) is 0 Å². The minimum atomic E-state index is -3.55. The van der Waals surface area contributed by atoms with Gasteiger partial charge in [0.2, 0.25) is 10.0 Å². The summed E-state index contributed by atoms with van der Waals surface area (Å²) in [5.74, 6) is 1.38. The summed E-state index contributed by atoms with van der Waals surface area (Å²) in [5, 5.41) is 0. The molecule has 1 amide bonds. The van der Waals surface area contributed by atoms with Crippen LogP contribution >= 0.6 is 0 Å². The predicted octanol–water partition coefficient (Wildman–Crippen LogP) is 3.86. The molecule has 172 valence electrons. The van der Waals surface area contributed by atoms with Crippen molar-refractivity contribution in [2.75, 3.05) is 32.8 Å². The van der Waals surface area contributed by atoms with Crippen molar-refractivity contribution in [3.63, 3.8) is 0 Å². The van der Waals surface area contributed by atoms with E-state index in [1.54, 1.807) is 12.1 Å². The summed E-state index contributed by atoms with van der Waals surface area (Å²) in [6.07, 6.45) is 2.64. The van der Waals surface area contributed by atoms with Gasteiger partial charge in [-0.2, -0.15) is 4.31 Å². The second kappa shape index (κ2) is 9.50. The number of carbonyl (C=O) groups excluding carboxylic acids is 1. The van der Waals surface area contributed by atoms with Crippen molar-refractivity contribution < 1.29 is 22.7 Å². The average Bonchev–Trinajstić information content (AvgIpc) is 3.18. The highest BCUT2D eigenvalue weighted by atomic mass is 32.2. The van der Waals surface area contributed by atoms with Crippen molar-refractivity contribution in [2.45, 2.75) is 44.0 Å². The third kappa shape index (κ3) is 4.34. The van der Waals surface area contributed by atoms with Crippen LogP contribution in [0.3, 0.4) is 0 Å². The standard InChI is InChI=1S/C24H30N2O5S/c1-3-25(4-2)32(28,29)20-11-8-18(9-12-20)24(27)26-14-5-7-21(26)19-10-13-22-23(17-19)31-16-6-15-30-22/h8-13,17,21H,3-7,14-16H2,1-2H3/t21-/m1/s1. The van der Waals surface area contributed by atoms with Crippen molar-refractivity contribution >= 4 is 15.9 Å². The molecule has 7 nitrogen and oxygen atoms in total. The van der Waals surface area contributed by atoms with E-state index in [9.17, 15) is 13.2 Å². The van der Waals surface area contributed by atoms with E-state index < -0.39 is 10.0 Å². The SMILES string of the molecule is CCN(CC)S(=O)(=O)c1ccc(C(=O)N2CCC[C@@H]2c2ccc3c(c2)OCCCO3)cc1. The fourth-order valence-corrected chi connectivity index (χ4v) is 5.85. The fourth-order valence-electron chi connectivity index (χ4n) is 4.39. The maximum absolute atomic E-state index is 13.3. The van der Waals surface area contributed by atoms with Crippen LogP contribution in [0, 0.1) is 0 Å². The summed E-state index contributed by atoms with van der Waals surface area (Å²) in [6.45, 7) is 6.36. The van der Waals surface area contributed by atoms with Gasteiger partial charge in [0.15, 0.2) is 11.5 Å². The Morgan fingerprint density at radius 3 is 2.38 bits per heavy atom. The Morgan fingerprint density at radius 2 is 1.69 bits per heavy atom. The molecule has 1 atom stereocenters. The molecule has 0 aliphatic carbocycles. The van der Waals surface area contributed by atoms with Crippen molar-refractivity contribution in [1.29, 1.82) is 0 Å². The third-order valence-electron chi connectivity index (χ3n) is 6.11. The Bertz CT molecular complexity index is 1060. The molecular weight excluding hydrogens is 428 g/mol. The molecule has 4 rings (SSSR count). The Hall–Kier alpha value is -2.58. The quantitative estimate of drug-likeness (QED) is 0.657. The van der Waals surface area contributed by atoms with E-state index in [2.05, 4.69) is 0 Å². The van der Waals surface area contributed by atoms with Gasteiger partial charge in [-0.25, -0.2) is 8.42 Å². The molecule has 2 heterocycles. The van der Waals surface area contributed by atoms with Crippen LogP contribution in [0.4, 0.5) is 0 Å². The van der Waals surface area contributed by atoms with Crippen LogP contribution in [-0.2, 0) is 10.0 Å². The number of amides is 1. The summed E-state index contributed by atoms with van der Waals surface area (Å²) in [4.78, 5) is 15.4. The normalized spacial score (nSPS) is 18.6. The molecule has 0 spiro atoms. The van der Waals surface area contributed by atoms with E-state index in [1.807, 2.05) is 36.9 Å². The summed E-state index contributed by atoms with van der Waals surface area (Å²) in [6, 6.07) is 12.1. The highest BCUT2D eigenvalue weighted by Crippen LogP contribution is 2.38. The second-order valence-corrected chi connectivity index (χ2v) is 9.96. The smallest absolute Gasteiger partial charge is 0.254 e. The monoisotopic (exact) mass is 458 g/mol. The zero-order valence-corrected chi connectivity index (χ0v) is 19.4. The van der Waals surface area contributed by atoms with Gasteiger partial charge in [0, 0.05) is 31.6 Å². The van der Waals surface area contributed by atoms with Gasteiger partial charge < -0.3 is 14.4 Å². The Labute approximate surface area is 190 Å². The Morgan fingerprint density at radius 1 is 1.00 bits per heavy atom. The van der Waals surface area contributed by atoms with Gasteiger partial charge in [0.1, 0.15) is 0 Å². The van der Waals surface area contributed by atoms with E-state index in [0.29, 0.717) is 38.4 Å². The van der Waals surface area contributed by atoms with Gasteiger partial charge in [0.05, 0.1) is 24.2 Å². The largest absolute Gasteiger partial charge is 0.490 e. The zero-order valence-electron chi connectivity index (χ0n) is 18.6. The van der Waals surface area contributed by atoms with Crippen LogP contribution in [0.5, 0.6) is 11.5 Å². The van der Waals surface area contributed by atoms with Crippen molar-refractivity contribution in [3.8, 4) is 11.5 Å². The average molecular weight is 459 g/mol. The van der Waals surface area contributed by atoms with Crippen LogP contribution in [-0.4, -0.2) is 56.4 Å². The van der Waals surface area contributed by atoms with Crippen LogP contribution in [0.1, 0.15) is 55.1 Å². The Balaban J connectivity index is 1.55. The lowest BCUT2D eigenvalue weighted by Crippen LogP contribution is -2.31. The lowest BCUT2D eigenvalue weighted by molar-refractivity contribution is 0.0735. The Kier molecular flexibility index (Phi) is 6.71. The highest BCUT2D eigenvalue weighted by Gasteiger charge is 2.32. The molecule has 2 aromatic carbocycles. The molecule has 2 aliphatic heterocycles. The van der Waals surface area contributed by atoms with Crippen molar-refractivity contribution in [2.24, 2.45) is 0 Å². The van der Waals surface area contributed by atoms with Gasteiger partial charge in [-0.05, 0) is 54.8 Å². The minimum Gasteiger partial charge on any atom is -0.490 e. The lowest BCUT2D eigenvalue weighted by Gasteiger charge is -2.26. The first-order valence-corrected chi connectivity index (χ1v) is 12.7. The van der Waals surface area contributed by atoms with Gasteiger partial charge in [-0.3, -0.25) is 4.79 Å². The molecule has 32 heavy (non-hydrogen) atoms. The minimum absolute atomic E-state index is 0.0428. The first-order valence-electron chi connectivity index (χ1n) is 11.3. The molecule has 1 fully saturated rings. The van der Waals surface area contributed by atoms with Crippen molar-refractivity contribution in [1.82, 2.24) is 9.21 Å². The van der Waals surface area contributed by atoms with E-state index in [1.165, 1.54) is 16.4 Å². The van der Waals surface area contributed by atoms with E-state index >= 15 is 0 Å². The van der Waals surface area contributed by atoms with E-state index in [4.69, 9.17) is 9.47 Å². The number of rotatable bonds is 6. The van der Waals surface area contributed by atoms with Gasteiger partial charge in [-0.1, -0.05) is 19.9 Å². The molecule has 0 N–H and O–H groups in total. The summed E-state index contributed by atoms with van der Waals surface area (Å²) in [5.41, 5.74) is 1.52. The zero-order chi connectivity index (χ0) is 22.7. The number of fused-ring (bicyclic) bond motifs is 1. The van der Waals surface area contributed by atoms with Crippen LogP contribution in [0.15, 0.2) is 47.4 Å². The number of benzene rings is 2. The molecule has 0 bridgehead atoms. The topological polar surface area (TPSA) is 76.2 Å². The number of nitrogens with zero attached hydrogens (tertiary/aromatic N) is 2. The van der Waals surface area contributed by atoms with Crippen LogP contribution in [0.25, 0.3) is 0 Å². The van der Waals surface area contributed by atoms with Crippen LogP contribution in [0.2, 0.25) is 0 Å². The maximum Gasteiger partial charge on any atom is 0.254 e. The molecule has 0 unspecified atom stereocenters. The molecular formula is C24H30N2O5S. The molecule has 8 heteroatoms. The molecule has 2 aromatic rings. The van der Waals surface area contributed by atoms with Crippen LogP contribution < -0.4 is 9.47 Å². The lowest BCUT2D eigenvalue weighted by atomic mass is 10.0. The molecule has 2 aliphatic rings. The van der Waals surface area contributed by atoms with Gasteiger partial charge >= 0.3 is 0 Å². The number of hydrogen-bond donors (Lipinski definition) is 0. The molecule has 0 saturated carbocycles. The predicted molar refractivity (Wildman–Crippen MR) is 122 cm³/mol. The number of likely N-dealkylation sites (tertiary alicyclic amines) is 1. The first kappa shape index (κ1) is 22.6. The number of hydrogen-bond acceptors (Lipinski definition) is 5. The number of sulfonamides is 1. The van der Waals surface area contributed by atoms with E-state index in [0.717, 1.165) is 36.3 Å². The van der Waals surface area contributed by atoms with Gasteiger partial charge in [0.25, 0.3) is 5.91 Å². The number of ether oxygens (including phenoxy) is 2. The van der Waals surface area contributed by atoms with Crippen molar-refractivity contribution in [3.05, 3.63) is 53.6 Å². The maximum atomic E-state index is 13.3.